The molecule has 3 aromatic rings. The van der Waals surface area contributed by atoms with Gasteiger partial charge in [0.1, 0.15) is 5.75 Å². The fourth-order valence-corrected chi connectivity index (χ4v) is 4.15. The SMILES string of the molecule is COC(=O)c1ccc(CNC(=O)Cc2cccc(CC(C)NCC(C)c3ccc(O)c(CO)c3)c2)cc1. The van der Waals surface area contributed by atoms with E-state index in [0.29, 0.717) is 24.1 Å². The van der Waals surface area contributed by atoms with Crippen LogP contribution >= 0.6 is 0 Å². The van der Waals surface area contributed by atoms with Crippen LogP contribution in [0.2, 0.25) is 0 Å². The molecule has 4 N–H and O–H groups in total. The van der Waals surface area contributed by atoms with Crippen LogP contribution in [0.25, 0.3) is 0 Å². The first-order valence-corrected chi connectivity index (χ1v) is 12.5. The Labute approximate surface area is 218 Å². The van der Waals surface area contributed by atoms with Crippen molar-refractivity contribution in [1.29, 1.82) is 0 Å². The molecule has 7 nitrogen and oxygen atoms in total. The zero-order chi connectivity index (χ0) is 26.8. The van der Waals surface area contributed by atoms with E-state index in [2.05, 4.69) is 36.6 Å². The molecule has 7 heteroatoms. The first-order chi connectivity index (χ1) is 17.8. The minimum absolute atomic E-state index is 0.0645. The Balaban J connectivity index is 1.46. The van der Waals surface area contributed by atoms with Gasteiger partial charge in [-0.15, -0.1) is 0 Å². The second-order valence-corrected chi connectivity index (χ2v) is 9.42. The summed E-state index contributed by atoms with van der Waals surface area (Å²) in [4.78, 5) is 24.0. The van der Waals surface area contributed by atoms with Gasteiger partial charge in [-0.2, -0.15) is 0 Å². The normalized spacial score (nSPS) is 12.5. The molecule has 0 saturated carbocycles. The zero-order valence-corrected chi connectivity index (χ0v) is 21.7. The van der Waals surface area contributed by atoms with Crippen molar-refractivity contribution in [2.45, 2.75) is 51.8 Å². The average molecular weight is 505 g/mol. The topological polar surface area (TPSA) is 108 Å². The van der Waals surface area contributed by atoms with Gasteiger partial charge in [-0.25, -0.2) is 4.79 Å². The molecule has 0 radical (unpaired) electrons. The van der Waals surface area contributed by atoms with Gasteiger partial charge < -0.3 is 25.6 Å². The number of benzene rings is 3. The van der Waals surface area contributed by atoms with E-state index in [-0.39, 0.29) is 36.2 Å². The molecule has 0 heterocycles. The van der Waals surface area contributed by atoms with Gasteiger partial charge in [0.15, 0.2) is 0 Å². The lowest BCUT2D eigenvalue weighted by Crippen LogP contribution is -2.31. The molecule has 2 unspecified atom stereocenters. The molecule has 0 spiro atoms. The summed E-state index contributed by atoms with van der Waals surface area (Å²) in [6.45, 7) is 5.21. The highest BCUT2D eigenvalue weighted by molar-refractivity contribution is 5.89. The highest BCUT2D eigenvalue weighted by Crippen LogP contribution is 2.23. The summed E-state index contributed by atoms with van der Waals surface area (Å²) in [5.41, 5.74) is 5.09. The Morgan fingerprint density at radius 2 is 1.68 bits per heavy atom. The van der Waals surface area contributed by atoms with Gasteiger partial charge in [-0.1, -0.05) is 49.4 Å². The molecular formula is C30H36N2O5. The fourth-order valence-electron chi connectivity index (χ4n) is 4.15. The third-order valence-electron chi connectivity index (χ3n) is 6.38. The minimum Gasteiger partial charge on any atom is -0.508 e. The van der Waals surface area contributed by atoms with Crippen molar-refractivity contribution < 1.29 is 24.5 Å². The van der Waals surface area contributed by atoms with Crippen molar-refractivity contribution in [3.63, 3.8) is 0 Å². The van der Waals surface area contributed by atoms with Gasteiger partial charge in [0.2, 0.25) is 5.91 Å². The molecule has 0 fully saturated rings. The molecule has 0 aliphatic carbocycles. The highest BCUT2D eigenvalue weighted by Gasteiger charge is 2.12. The van der Waals surface area contributed by atoms with Crippen LogP contribution < -0.4 is 10.6 Å². The predicted molar refractivity (Wildman–Crippen MR) is 143 cm³/mol. The van der Waals surface area contributed by atoms with Crippen LogP contribution in [0.3, 0.4) is 0 Å². The van der Waals surface area contributed by atoms with Gasteiger partial charge in [-0.3, -0.25) is 4.79 Å². The number of aromatic hydroxyl groups is 1. The number of ether oxygens (including phenoxy) is 1. The molecule has 1 amide bonds. The number of carbonyl (C=O) groups excluding carboxylic acids is 2. The maximum absolute atomic E-state index is 12.5. The van der Waals surface area contributed by atoms with Crippen LogP contribution in [-0.4, -0.2) is 41.8 Å². The first-order valence-electron chi connectivity index (χ1n) is 12.5. The summed E-state index contributed by atoms with van der Waals surface area (Å²) in [5.74, 6) is -0.114. The Kier molecular flexibility index (Phi) is 10.2. The van der Waals surface area contributed by atoms with Crippen LogP contribution in [-0.2, 0) is 35.5 Å². The molecule has 0 aliphatic heterocycles. The lowest BCUT2D eigenvalue weighted by molar-refractivity contribution is -0.120. The number of hydrogen-bond donors (Lipinski definition) is 4. The standard InChI is InChI=1S/C30H36N2O5/c1-20(26-11-12-28(34)27(16-26)19-33)17-31-21(2)13-23-5-4-6-24(14-23)15-29(35)32-18-22-7-9-25(10-8-22)30(36)37-3/h4-12,14,16,20-21,31,33-34H,13,15,17-19H2,1-3H3,(H,32,35). The number of phenols is 1. The monoisotopic (exact) mass is 504 g/mol. The van der Waals surface area contributed by atoms with Crippen LogP contribution in [0.1, 0.15) is 57.9 Å². The van der Waals surface area contributed by atoms with E-state index < -0.39 is 0 Å². The summed E-state index contributed by atoms with van der Waals surface area (Å²) >= 11 is 0. The lowest BCUT2D eigenvalue weighted by atomic mass is 9.97. The second-order valence-electron chi connectivity index (χ2n) is 9.42. The molecule has 37 heavy (non-hydrogen) atoms. The molecule has 0 bridgehead atoms. The van der Waals surface area contributed by atoms with E-state index in [1.807, 2.05) is 24.3 Å². The van der Waals surface area contributed by atoms with Crippen molar-refractivity contribution >= 4 is 11.9 Å². The van der Waals surface area contributed by atoms with E-state index in [4.69, 9.17) is 4.74 Å². The van der Waals surface area contributed by atoms with Crippen LogP contribution in [0.5, 0.6) is 5.75 Å². The Hall–Kier alpha value is -3.68. The van der Waals surface area contributed by atoms with Crippen LogP contribution in [0.15, 0.2) is 66.7 Å². The molecule has 0 aromatic heterocycles. The van der Waals surface area contributed by atoms with Crippen molar-refractivity contribution in [2.24, 2.45) is 0 Å². The molecule has 3 aromatic carbocycles. The van der Waals surface area contributed by atoms with E-state index in [9.17, 15) is 19.8 Å². The largest absolute Gasteiger partial charge is 0.508 e. The number of amides is 1. The number of hydrogen-bond acceptors (Lipinski definition) is 6. The molecule has 0 aliphatic rings. The van der Waals surface area contributed by atoms with E-state index >= 15 is 0 Å². The smallest absolute Gasteiger partial charge is 0.337 e. The number of nitrogens with one attached hydrogen (secondary N) is 2. The predicted octanol–water partition coefficient (Wildman–Crippen LogP) is 3.85. The number of methoxy groups -OCH3 is 1. The fraction of sp³-hybridized carbons (Fsp3) is 0.333. The third kappa shape index (κ3) is 8.44. The van der Waals surface area contributed by atoms with Crippen LogP contribution in [0, 0.1) is 0 Å². The van der Waals surface area contributed by atoms with Crippen molar-refractivity contribution in [1.82, 2.24) is 10.6 Å². The third-order valence-corrected chi connectivity index (χ3v) is 6.38. The van der Waals surface area contributed by atoms with E-state index in [1.165, 1.54) is 7.11 Å². The molecular weight excluding hydrogens is 468 g/mol. The number of esters is 1. The van der Waals surface area contributed by atoms with Gasteiger partial charge in [0.25, 0.3) is 0 Å². The van der Waals surface area contributed by atoms with Crippen molar-refractivity contribution in [3.05, 3.63) is 100 Å². The first kappa shape index (κ1) is 27.9. The summed E-state index contributed by atoms with van der Waals surface area (Å²) < 4.78 is 4.70. The van der Waals surface area contributed by atoms with Crippen molar-refractivity contribution in [2.75, 3.05) is 13.7 Å². The highest BCUT2D eigenvalue weighted by atomic mass is 16.5. The molecule has 0 saturated heterocycles. The molecule has 196 valence electrons. The number of aliphatic hydroxyl groups excluding tert-OH is 1. The summed E-state index contributed by atoms with van der Waals surface area (Å²) in [6.07, 6.45) is 1.12. The number of aliphatic hydroxyl groups is 1. The Bertz CT molecular complexity index is 1190. The maximum atomic E-state index is 12.5. The minimum atomic E-state index is -0.386. The number of carbonyl (C=O) groups is 2. The average Bonchev–Trinajstić information content (AvgIpc) is 2.91. The van der Waals surface area contributed by atoms with Gasteiger partial charge >= 0.3 is 5.97 Å². The summed E-state index contributed by atoms with van der Waals surface area (Å²) in [6, 6.07) is 20.6. The van der Waals surface area contributed by atoms with Gasteiger partial charge in [0.05, 0.1) is 25.7 Å². The van der Waals surface area contributed by atoms with E-state index in [0.717, 1.165) is 35.2 Å². The summed E-state index contributed by atoms with van der Waals surface area (Å²) in [5, 5.41) is 25.7. The van der Waals surface area contributed by atoms with Gasteiger partial charge in [0, 0.05) is 24.7 Å². The maximum Gasteiger partial charge on any atom is 0.337 e. The second kappa shape index (κ2) is 13.6. The molecule has 2 atom stereocenters. The van der Waals surface area contributed by atoms with Crippen molar-refractivity contribution in [3.8, 4) is 5.75 Å². The number of rotatable bonds is 12. The van der Waals surface area contributed by atoms with E-state index in [1.54, 1.807) is 30.3 Å². The lowest BCUT2D eigenvalue weighted by Gasteiger charge is -2.19. The Morgan fingerprint density at radius 1 is 0.946 bits per heavy atom. The quantitative estimate of drug-likeness (QED) is 0.279. The summed E-state index contributed by atoms with van der Waals surface area (Å²) in [7, 11) is 1.34. The molecule has 3 rings (SSSR count). The van der Waals surface area contributed by atoms with Gasteiger partial charge in [-0.05, 0) is 65.8 Å². The van der Waals surface area contributed by atoms with Crippen LogP contribution in [0.4, 0.5) is 0 Å². The Morgan fingerprint density at radius 3 is 2.38 bits per heavy atom. The zero-order valence-electron chi connectivity index (χ0n) is 21.7.